The number of unbranched alkanes of at least 4 members (excludes halogenated alkanes) is 1. The summed E-state index contributed by atoms with van der Waals surface area (Å²) in [5.41, 5.74) is 0.633. The smallest absolute Gasteiger partial charge is 0.276 e. The summed E-state index contributed by atoms with van der Waals surface area (Å²) < 4.78 is 13.0. The summed E-state index contributed by atoms with van der Waals surface area (Å²) in [6.07, 6.45) is 6.28. The number of anilines is 1. The highest BCUT2D eigenvalue weighted by Crippen LogP contribution is 2.34. The van der Waals surface area contributed by atoms with Crippen LogP contribution in [0.4, 0.5) is 5.69 Å². The topological polar surface area (TPSA) is 82.5 Å². The minimum Gasteiger partial charge on any atom is -0.493 e. The maximum Gasteiger partial charge on any atom is 0.276 e. The lowest BCUT2D eigenvalue weighted by molar-refractivity contribution is 0.102. The van der Waals surface area contributed by atoms with E-state index in [1.54, 1.807) is 49.6 Å². The van der Waals surface area contributed by atoms with Gasteiger partial charge in [0, 0.05) is 23.7 Å². The number of aromatic nitrogens is 2. The van der Waals surface area contributed by atoms with Crippen LogP contribution in [0, 0.1) is 0 Å². The Kier molecular flexibility index (Phi) is 6.73. The molecule has 0 bridgehead atoms. The van der Waals surface area contributed by atoms with E-state index in [0.29, 0.717) is 34.5 Å². The summed E-state index contributed by atoms with van der Waals surface area (Å²) in [6.45, 7) is 2.52. The molecule has 1 aromatic heterocycles. The van der Waals surface area contributed by atoms with E-state index in [-0.39, 0.29) is 23.3 Å². The molecule has 2 aromatic carbocycles. The Labute approximate surface area is 187 Å². The van der Waals surface area contributed by atoms with Crippen LogP contribution in [-0.2, 0) is 6.54 Å². The highest BCUT2D eigenvalue weighted by Gasteiger charge is 2.20. The lowest BCUT2D eigenvalue weighted by Gasteiger charge is -2.17. The van der Waals surface area contributed by atoms with Gasteiger partial charge in [0.25, 0.3) is 11.5 Å². The number of hydrogen-bond acceptors (Lipinski definition) is 5. The number of amides is 1. The quantitative estimate of drug-likeness (QED) is 0.551. The van der Waals surface area contributed by atoms with E-state index in [1.807, 2.05) is 0 Å². The Morgan fingerprint density at radius 3 is 2.59 bits per heavy atom. The Morgan fingerprint density at radius 2 is 1.88 bits per heavy atom. The number of ether oxygens (including phenoxy) is 2. The van der Waals surface area contributed by atoms with Gasteiger partial charge in [-0.05, 0) is 50.3 Å². The zero-order chi connectivity index (χ0) is 22.5. The molecule has 7 heteroatoms. The third-order valence-electron chi connectivity index (χ3n) is 5.82. The first kappa shape index (κ1) is 21.9. The zero-order valence-electron chi connectivity index (χ0n) is 18.6. The first-order valence-corrected chi connectivity index (χ1v) is 11.3. The van der Waals surface area contributed by atoms with Crippen molar-refractivity contribution < 1.29 is 14.3 Å². The molecule has 1 amide bonds. The first-order valence-electron chi connectivity index (χ1n) is 11.3. The van der Waals surface area contributed by atoms with Crippen LogP contribution in [0.3, 0.4) is 0 Å². The van der Waals surface area contributed by atoms with Crippen molar-refractivity contribution in [3.05, 3.63) is 58.5 Å². The van der Waals surface area contributed by atoms with Crippen molar-refractivity contribution in [1.29, 1.82) is 0 Å². The van der Waals surface area contributed by atoms with E-state index in [1.165, 1.54) is 4.68 Å². The van der Waals surface area contributed by atoms with Crippen LogP contribution in [0.25, 0.3) is 10.8 Å². The number of carbonyl (C=O) groups is 1. The number of nitrogens with zero attached hydrogens (tertiary/aromatic N) is 2. The average molecular weight is 436 g/mol. The monoisotopic (exact) mass is 435 g/mol. The summed E-state index contributed by atoms with van der Waals surface area (Å²) in [5.74, 6) is 0.873. The van der Waals surface area contributed by atoms with E-state index >= 15 is 0 Å². The third-order valence-corrected chi connectivity index (χ3v) is 5.82. The SMILES string of the molecule is CCCCn1nc(C(=O)Nc2ccc(OC)c(OC3CCCC3)c2)c2ccccc2c1=O. The van der Waals surface area contributed by atoms with Crippen molar-refractivity contribution in [2.75, 3.05) is 12.4 Å². The summed E-state index contributed by atoms with van der Waals surface area (Å²) in [7, 11) is 1.60. The second-order valence-electron chi connectivity index (χ2n) is 8.12. The van der Waals surface area contributed by atoms with Gasteiger partial charge in [-0.3, -0.25) is 9.59 Å². The molecule has 0 saturated heterocycles. The Morgan fingerprint density at radius 1 is 1.12 bits per heavy atom. The normalized spacial score (nSPS) is 13.9. The van der Waals surface area contributed by atoms with Gasteiger partial charge < -0.3 is 14.8 Å². The van der Waals surface area contributed by atoms with Crippen molar-refractivity contribution in [2.45, 2.75) is 58.1 Å². The molecule has 7 nitrogen and oxygen atoms in total. The van der Waals surface area contributed by atoms with Gasteiger partial charge in [0.2, 0.25) is 0 Å². The van der Waals surface area contributed by atoms with Crippen molar-refractivity contribution in [3.63, 3.8) is 0 Å². The summed E-state index contributed by atoms with van der Waals surface area (Å²) in [6, 6.07) is 12.4. The predicted octanol–water partition coefficient (Wildman–Crippen LogP) is 4.78. The van der Waals surface area contributed by atoms with Crippen LogP contribution in [-0.4, -0.2) is 28.9 Å². The molecule has 3 aromatic rings. The summed E-state index contributed by atoms with van der Waals surface area (Å²) >= 11 is 0. The van der Waals surface area contributed by atoms with Crippen LogP contribution in [0.5, 0.6) is 11.5 Å². The van der Waals surface area contributed by atoms with Gasteiger partial charge in [0.1, 0.15) is 0 Å². The van der Waals surface area contributed by atoms with Gasteiger partial charge in [-0.15, -0.1) is 0 Å². The third kappa shape index (κ3) is 4.61. The second-order valence-corrected chi connectivity index (χ2v) is 8.12. The number of methoxy groups -OCH3 is 1. The molecule has 0 spiro atoms. The predicted molar refractivity (Wildman–Crippen MR) is 125 cm³/mol. The fourth-order valence-corrected chi connectivity index (χ4v) is 4.08. The summed E-state index contributed by atoms with van der Waals surface area (Å²) in [5, 5.41) is 8.36. The van der Waals surface area contributed by atoms with Crippen LogP contribution in [0.2, 0.25) is 0 Å². The van der Waals surface area contributed by atoms with Crippen LogP contribution in [0.15, 0.2) is 47.3 Å². The largest absolute Gasteiger partial charge is 0.493 e. The highest BCUT2D eigenvalue weighted by atomic mass is 16.5. The van der Waals surface area contributed by atoms with E-state index in [9.17, 15) is 9.59 Å². The van der Waals surface area contributed by atoms with Crippen molar-refractivity contribution >= 4 is 22.4 Å². The Balaban J connectivity index is 1.65. The molecule has 0 unspecified atom stereocenters. The molecule has 1 heterocycles. The number of carbonyl (C=O) groups excluding carboxylic acids is 1. The number of benzene rings is 2. The van der Waals surface area contributed by atoms with Crippen molar-refractivity contribution in [2.24, 2.45) is 0 Å². The molecular weight excluding hydrogens is 406 g/mol. The van der Waals surface area contributed by atoms with Gasteiger partial charge in [-0.1, -0.05) is 31.5 Å². The molecule has 0 atom stereocenters. The minimum atomic E-state index is -0.372. The number of rotatable bonds is 8. The first-order chi connectivity index (χ1) is 15.6. The molecule has 1 N–H and O–H groups in total. The molecule has 0 aliphatic heterocycles. The second kappa shape index (κ2) is 9.85. The molecule has 1 aliphatic carbocycles. The Hall–Kier alpha value is -3.35. The lowest BCUT2D eigenvalue weighted by atomic mass is 10.1. The van der Waals surface area contributed by atoms with Crippen LogP contribution in [0.1, 0.15) is 55.9 Å². The molecule has 1 saturated carbocycles. The van der Waals surface area contributed by atoms with E-state index in [2.05, 4.69) is 17.3 Å². The molecule has 168 valence electrons. The van der Waals surface area contributed by atoms with E-state index in [4.69, 9.17) is 9.47 Å². The molecule has 4 rings (SSSR count). The van der Waals surface area contributed by atoms with Gasteiger partial charge in [0.05, 0.1) is 18.6 Å². The van der Waals surface area contributed by atoms with Crippen LogP contribution >= 0.6 is 0 Å². The number of aryl methyl sites for hydroxylation is 1. The number of nitrogens with one attached hydrogen (secondary N) is 1. The van der Waals surface area contributed by atoms with E-state index in [0.717, 1.165) is 38.5 Å². The summed E-state index contributed by atoms with van der Waals surface area (Å²) in [4.78, 5) is 26.0. The van der Waals surface area contributed by atoms with E-state index < -0.39 is 0 Å². The standard InChI is InChI=1S/C25H29N3O4/c1-3-4-15-28-25(30)20-12-8-7-11-19(20)23(27-28)24(29)26-17-13-14-21(31-2)22(16-17)32-18-9-5-6-10-18/h7-8,11-14,16,18H,3-6,9-10,15H2,1-2H3,(H,26,29). The number of hydrogen-bond donors (Lipinski definition) is 1. The zero-order valence-corrected chi connectivity index (χ0v) is 18.6. The molecule has 1 fully saturated rings. The molecular formula is C25H29N3O4. The number of fused-ring (bicyclic) bond motifs is 1. The highest BCUT2D eigenvalue weighted by molar-refractivity contribution is 6.11. The van der Waals surface area contributed by atoms with Crippen molar-refractivity contribution in [1.82, 2.24) is 9.78 Å². The fraction of sp³-hybridized carbons (Fsp3) is 0.400. The van der Waals surface area contributed by atoms with Crippen LogP contribution < -0.4 is 20.3 Å². The minimum absolute atomic E-state index is 0.169. The maximum atomic E-state index is 13.2. The van der Waals surface area contributed by atoms with Crippen molar-refractivity contribution in [3.8, 4) is 11.5 Å². The molecule has 0 radical (unpaired) electrons. The van der Waals surface area contributed by atoms with Gasteiger partial charge in [0.15, 0.2) is 17.2 Å². The van der Waals surface area contributed by atoms with Gasteiger partial charge in [-0.25, -0.2) is 4.68 Å². The average Bonchev–Trinajstić information content (AvgIpc) is 3.32. The van der Waals surface area contributed by atoms with Gasteiger partial charge in [-0.2, -0.15) is 5.10 Å². The molecule has 1 aliphatic rings. The fourth-order valence-electron chi connectivity index (χ4n) is 4.08. The maximum absolute atomic E-state index is 13.2. The Bertz CT molecular complexity index is 1170. The lowest BCUT2D eigenvalue weighted by Crippen LogP contribution is -2.27. The van der Waals surface area contributed by atoms with Gasteiger partial charge >= 0.3 is 0 Å². The molecule has 32 heavy (non-hydrogen) atoms.